The second-order valence-electron chi connectivity index (χ2n) is 6.99. The highest BCUT2D eigenvalue weighted by molar-refractivity contribution is 8.00. The number of nitrogens with zero attached hydrogens (tertiary/aromatic N) is 6. The van der Waals surface area contributed by atoms with Crippen molar-refractivity contribution in [2.45, 2.75) is 24.1 Å². The number of carbonyl (C=O) groups excluding carboxylic acids is 1. The van der Waals surface area contributed by atoms with E-state index < -0.39 is 22.0 Å². The molecule has 2 heterocycles. The third-order valence-electron chi connectivity index (χ3n) is 4.75. The van der Waals surface area contributed by atoms with Gasteiger partial charge in [0, 0.05) is 17.8 Å². The summed E-state index contributed by atoms with van der Waals surface area (Å²) in [6.07, 6.45) is 0. The highest BCUT2D eigenvalue weighted by Gasteiger charge is 2.30. The summed E-state index contributed by atoms with van der Waals surface area (Å²) >= 11 is 0.887. The number of hydrogen-bond donors (Lipinski definition) is 2. The summed E-state index contributed by atoms with van der Waals surface area (Å²) in [5, 5.41) is 47.9. The fourth-order valence-electron chi connectivity index (χ4n) is 3.06. The molecule has 14 heteroatoms. The first-order valence-corrected chi connectivity index (χ1v) is 10.4. The Morgan fingerprint density at radius 2 is 2.03 bits per heavy atom. The fraction of sp³-hybridized carbons (Fsp3) is 0.200. The fourth-order valence-corrected chi connectivity index (χ4v) is 3.97. The quantitative estimate of drug-likeness (QED) is 0.222. The number of carbonyl (C=O) groups is 1. The van der Waals surface area contributed by atoms with Crippen molar-refractivity contribution in [3.63, 3.8) is 0 Å². The third kappa shape index (κ3) is 4.43. The van der Waals surface area contributed by atoms with E-state index in [0.717, 1.165) is 16.4 Å². The molecule has 3 rings (SSSR count). The number of anilines is 2. The molecule has 0 aliphatic carbocycles. The number of nitro benzene ring substituents is 1. The lowest BCUT2D eigenvalue weighted by atomic mass is 10.0. The van der Waals surface area contributed by atoms with Crippen LogP contribution in [0, 0.1) is 39.7 Å². The number of rotatable bonds is 6. The zero-order valence-corrected chi connectivity index (χ0v) is 18.8. The molecule has 1 amide bonds. The van der Waals surface area contributed by atoms with E-state index >= 15 is 0 Å². The lowest BCUT2D eigenvalue weighted by Crippen LogP contribution is -2.32. The van der Waals surface area contributed by atoms with Gasteiger partial charge in [-0.05, 0) is 25.5 Å². The Balaban J connectivity index is 1.97. The van der Waals surface area contributed by atoms with Crippen LogP contribution in [0.25, 0.3) is 11.3 Å². The van der Waals surface area contributed by atoms with Crippen molar-refractivity contribution in [3.05, 3.63) is 45.0 Å². The van der Waals surface area contributed by atoms with Crippen molar-refractivity contribution in [1.82, 2.24) is 10.3 Å². The van der Waals surface area contributed by atoms with Gasteiger partial charge in [0.15, 0.2) is 13.0 Å². The molecule has 1 aromatic carbocycles. The Morgan fingerprint density at radius 3 is 2.56 bits per heavy atom. The van der Waals surface area contributed by atoms with E-state index in [1.165, 1.54) is 25.2 Å². The summed E-state index contributed by atoms with van der Waals surface area (Å²) in [6, 6.07) is 7.77. The predicted octanol–water partition coefficient (Wildman–Crippen LogP) is 1.30. The van der Waals surface area contributed by atoms with Gasteiger partial charge < -0.3 is 20.7 Å². The summed E-state index contributed by atoms with van der Waals surface area (Å²) in [5.41, 5.74) is 6.09. The maximum Gasteiger partial charge on any atom is 0.269 e. The summed E-state index contributed by atoms with van der Waals surface area (Å²) < 4.78 is 5.68. The van der Waals surface area contributed by atoms with Crippen LogP contribution in [-0.4, -0.2) is 26.3 Å². The summed E-state index contributed by atoms with van der Waals surface area (Å²) in [5.74, 6) is -1.59. The summed E-state index contributed by atoms with van der Waals surface area (Å²) in [7, 11) is 1.40. The van der Waals surface area contributed by atoms with Crippen molar-refractivity contribution >= 4 is 34.9 Å². The number of pyridine rings is 1. The average Bonchev–Trinajstić information content (AvgIpc) is 3.12. The molecule has 0 saturated carbocycles. The molecule has 3 N–H and O–H groups in total. The Hall–Kier alpha value is -4.69. The normalized spacial score (nSPS) is 11.3. The summed E-state index contributed by atoms with van der Waals surface area (Å²) in [6.45, 7) is 3.17. The largest absolute Gasteiger partial charge is 0.539 e. The van der Waals surface area contributed by atoms with Crippen molar-refractivity contribution in [1.29, 1.82) is 10.5 Å². The van der Waals surface area contributed by atoms with Crippen LogP contribution < -0.4 is 20.8 Å². The van der Waals surface area contributed by atoms with Crippen LogP contribution in [0.15, 0.2) is 27.7 Å². The van der Waals surface area contributed by atoms with Crippen molar-refractivity contribution in [3.8, 4) is 29.3 Å². The van der Waals surface area contributed by atoms with E-state index in [2.05, 4.69) is 20.1 Å². The minimum Gasteiger partial charge on any atom is -0.539 e. The lowest BCUT2D eigenvalue weighted by molar-refractivity contribution is -0.730. The van der Waals surface area contributed by atoms with E-state index in [0.29, 0.717) is 11.3 Å². The molecule has 0 spiro atoms. The molecule has 0 radical (unpaired) electrons. The number of nitrogens with one attached hydrogen (secondary N) is 1. The molecule has 1 unspecified atom stereocenters. The van der Waals surface area contributed by atoms with E-state index in [-0.39, 0.29) is 38.9 Å². The zero-order chi connectivity index (χ0) is 25.2. The Bertz CT molecular complexity index is 1390. The van der Waals surface area contributed by atoms with Crippen LogP contribution in [0.5, 0.6) is 5.95 Å². The Morgan fingerprint density at radius 1 is 1.35 bits per heavy atom. The minimum absolute atomic E-state index is 0.0256. The molecule has 172 valence electrons. The van der Waals surface area contributed by atoms with Gasteiger partial charge in [-0.2, -0.15) is 10.5 Å². The van der Waals surface area contributed by atoms with Crippen LogP contribution in [0.1, 0.15) is 23.6 Å². The van der Waals surface area contributed by atoms with Crippen LogP contribution >= 0.6 is 11.8 Å². The Labute approximate surface area is 196 Å². The molecule has 0 bridgehead atoms. The molecule has 13 nitrogen and oxygen atoms in total. The molecule has 3 aromatic rings. The highest BCUT2D eigenvalue weighted by Crippen LogP contribution is 2.38. The second-order valence-corrected chi connectivity index (χ2v) is 8.32. The maximum atomic E-state index is 12.8. The van der Waals surface area contributed by atoms with Gasteiger partial charge >= 0.3 is 0 Å². The average molecular weight is 480 g/mol. The third-order valence-corrected chi connectivity index (χ3v) is 5.84. The van der Waals surface area contributed by atoms with Crippen LogP contribution in [-0.2, 0) is 11.8 Å². The van der Waals surface area contributed by atoms with Gasteiger partial charge in [-0.1, -0.05) is 16.4 Å². The molecule has 0 saturated heterocycles. The van der Waals surface area contributed by atoms with Gasteiger partial charge in [0.05, 0.1) is 26.6 Å². The van der Waals surface area contributed by atoms with Crippen molar-refractivity contribution in [2.24, 2.45) is 7.05 Å². The molecule has 2 aromatic heterocycles. The number of thioether (sulfide) groups is 1. The number of nitrogens with two attached hydrogens (primary N) is 1. The van der Waals surface area contributed by atoms with Crippen LogP contribution in [0.2, 0.25) is 0 Å². The monoisotopic (exact) mass is 480 g/mol. The predicted molar refractivity (Wildman–Crippen MR) is 116 cm³/mol. The number of amides is 1. The minimum atomic E-state index is -0.878. The van der Waals surface area contributed by atoms with E-state index in [1.807, 2.05) is 12.1 Å². The second kappa shape index (κ2) is 9.43. The first-order chi connectivity index (χ1) is 16.1. The number of aryl methyl sites for hydroxylation is 2. The highest BCUT2D eigenvalue weighted by atomic mass is 32.2. The molecule has 0 aliphatic rings. The van der Waals surface area contributed by atoms with Crippen molar-refractivity contribution in [2.75, 3.05) is 11.1 Å². The maximum absolute atomic E-state index is 12.8. The van der Waals surface area contributed by atoms with Gasteiger partial charge in [0.25, 0.3) is 11.4 Å². The smallest absolute Gasteiger partial charge is 0.269 e. The number of nitriles is 2. The zero-order valence-electron chi connectivity index (χ0n) is 18.0. The molecular formula is C20H16N8O5S. The number of aromatic nitrogens is 3. The number of hydrogen-bond acceptors (Lipinski definition) is 11. The first-order valence-electron chi connectivity index (χ1n) is 9.48. The molecule has 0 aliphatic heterocycles. The van der Waals surface area contributed by atoms with E-state index in [1.54, 1.807) is 13.8 Å². The summed E-state index contributed by atoms with van der Waals surface area (Å²) in [4.78, 5) is 27.2. The van der Waals surface area contributed by atoms with E-state index in [4.69, 9.17) is 5.73 Å². The molecule has 1 atom stereocenters. The van der Waals surface area contributed by atoms with E-state index in [9.17, 15) is 30.5 Å². The lowest BCUT2D eigenvalue weighted by Gasteiger charge is -2.15. The van der Waals surface area contributed by atoms with Gasteiger partial charge in [-0.15, -0.1) is 0 Å². The van der Waals surface area contributed by atoms with Crippen LogP contribution in [0.4, 0.5) is 17.2 Å². The van der Waals surface area contributed by atoms with Crippen LogP contribution in [0.3, 0.4) is 0 Å². The van der Waals surface area contributed by atoms with Gasteiger partial charge in [-0.3, -0.25) is 14.9 Å². The number of benzene rings is 1. The van der Waals surface area contributed by atoms with Gasteiger partial charge in [-0.25, -0.2) is 4.98 Å². The Kier molecular flexibility index (Phi) is 6.65. The molecule has 0 fully saturated rings. The number of nitrogen functional groups attached to an aromatic ring is 1. The number of non-ortho nitro benzene ring substituents is 1. The first kappa shape index (κ1) is 24.0. The SMILES string of the molecule is Cc1cc([N+](=O)[O-])ccc1NC(=O)C(C)Sc1nc(N)c(C#N)c(-c2c([O-])on[n+]2C)c1C#N. The standard InChI is InChI=1S/C20H16N8O5S/c1-9-6-11(28(31)32)4-5-14(9)24-18(29)10(2)34-19-13(8-22)15(12(7-21)17(23)25-19)16-20(30)33-26-27(16)3/h4-6,10H,1-3H3,(H3-,23,24,25,26,29,30). The number of nitro groups is 1. The van der Waals surface area contributed by atoms with Gasteiger partial charge in [0.2, 0.25) is 5.91 Å². The van der Waals surface area contributed by atoms with Crippen molar-refractivity contribution < 1.29 is 24.0 Å². The molecule has 34 heavy (non-hydrogen) atoms. The molecular weight excluding hydrogens is 464 g/mol. The van der Waals surface area contributed by atoms with Gasteiger partial charge in [0.1, 0.15) is 28.5 Å². The topological polar surface area (TPSA) is 212 Å².